The first-order chi connectivity index (χ1) is 7.65. The number of hydrogen-bond acceptors (Lipinski definition) is 7. The Labute approximate surface area is 87.7 Å². The summed E-state index contributed by atoms with van der Waals surface area (Å²) in [6, 6.07) is 2.91. The van der Waals surface area contributed by atoms with Crippen LogP contribution >= 0.6 is 0 Å². The molecule has 0 aromatic carbocycles. The van der Waals surface area contributed by atoms with Crippen molar-refractivity contribution in [2.75, 3.05) is 5.73 Å². The predicted octanol–water partition coefficient (Wildman–Crippen LogP) is 0.234. The molecule has 3 heterocycles. The molecule has 3 rings (SSSR count). The van der Waals surface area contributed by atoms with Crippen LogP contribution in [0.5, 0.6) is 11.6 Å². The van der Waals surface area contributed by atoms with Gasteiger partial charge in [-0.1, -0.05) is 0 Å². The van der Waals surface area contributed by atoms with Gasteiger partial charge in [0.15, 0.2) is 11.1 Å². The first-order valence-electron chi connectivity index (χ1n) is 4.28. The summed E-state index contributed by atoms with van der Waals surface area (Å²) in [5, 5.41) is 0. The Morgan fingerprint density at radius 3 is 2.69 bits per heavy atom. The Balaban J connectivity index is 2.36. The van der Waals surface area contributed by atoms with Gasteiger partial charge < -0.3 is 19.6 Å². The molecule has 7 nitrogen and oxygen atoms in total. The van der Waals surface area contributed by atoms with Crippen LogP contribution < -0.4 is 15.2 Å². The van der Waals surface area contributed by atoms with Crippen molar-refractivity contribution in [3.05, 3.63) is 12.1 Å². The number of fused-ring (bicyclic) bond motifs is 1. The highest BCUT2D eigenvalue weighted by atomic mass is 16.6. The maximum absolute atomic E-state index is 11.2. The number of pyridine rings is 1. The first-order valence-corrected chi connectivity index (χ1v) is 4.28. The lowest BCUT2D eigenvalue weighted by molar-refractivity contribution is -0.156. The summed E-state index contributed by atoms with van der Waals surface area (Å²) in [4.78, 5) is 26.2. The normalized spacial score (nSPS) is 14.5. The van der Waals surface area contributed by atoms with Crippen molar-refractivity contribution >= 4 is 28.9 Å². The van der Waals surface area contributed by atoms with Gasteiger partial charge in [0.05, 0.1) is 0 Å². The van der Waals surface area contributed by atoms with Crippen LogP contribution in [0.2, 0.25) is 0 Å². The summed E-state index contributed by atoms with van der Waals surface area (Å²) >= 11 is 0. The van der Waals surface area contributed by atoms with E-state index in [1.165, 1.54) is 12.1 Å². The van der Waals surface area contributed by atoms with Crippen LogP contribution in [0.4, 0.5) is 5.88 Å². The number of aromatic nitrogens is 1. The Kier molecular flexibility index (Phi) is 1.48. The summed E-state index contributed by atoms with van der Waals surface area (Å²) in [6.45, 7) is 0. The molecule has 1 aliphatic rings. The molecule has 2 bridgehead atoms. The number of ether oxygens (including phenoxy) is 2. The van der Waals surface area contributed by atoms with Crippen molar-refractivity contribution in [2.24, 2.45) is 0 Å². The zero-order valence-electron chi connectivity index (χ0n) is 7.72. The molecule has 1 aliphatic heterocycles. The number of furan rings is 1. The summed E-state index contributed by atoms with van der Waals surface area (Å²) in [6.07, 6.45) is 0. The largest absolute Gasteiger partial charge is 0.435 e. The topological polar surface area (TPSA) is 105 Å². The SMILES string of the molecule is Nc1oc2ccc3nc2c1OC(=O)C(=O)O3. The molecule has 7 heteroatoms. The standard InChI is InChI=1S/C9H4N2O5/c10-7-6-5-3(14-7)1-2-4(11-5)15-8(12)9(13)16-6/h1-2H,10H2. The fraction of sp³-hybridized carbons (Fsp3) is 0. The molecule has 80 valence electrons. The lowest BCUT2D eigenvalue weighted by Crippen LogP contribution is -2.27. The van der Waals surface area contributed by atoms with Gasteiger partial charge in [0.25, 0.3) is 0 Å². The number of rotatable bonds is 0. The van der Waals surface area contributed by atoms with Gasteiger partial charge in [0.2, 0.25) is 17.5 Å². The highest BCUT2D eigenvalue weighted by molar-refractivity contribution is 6.31. The number of esters is 2. The van der Waals surface area contributed by atoms with Gasteiger partial charge in [-0.3, -0.25) is 0 Å². The second-order valence-corrected chi connectivity index (χ2v) is 3.07. The average molecular weight is 220 g/mol. The molecule has 0 aliphatic carbocycles. The number of carbonyl (C=O) groups excluding carboxylic acids is 2. The zero-order chi connectivity index (χ0) is 11.3. The van der Waals surface area contributed by atoms with E-state index < -0.39 is 11.9 Å². The van der Waals surface area contributed by atoms with E-state index in [1.807, 2.05) is 0 Å². The molecule has 2 aromatic heterocycles. The quantitative estimate of drug-likeness (QED) is 0.500. The van der Waals surface area contributed by atoms with E-state index in [0.717, 1.165) is 0 Å². The Morgan fingerprint density at radius 1 is 1.12 bits per heavy atom. The second kappa shape index (κ2) is 2.72. The molecular weight excluding hydrogens is 216 g/mol. The zero-order valence-corrected chi connectivity index (χ0v) is 7.72. The van der Waals surface area contributed by atoms with E-state index in [-0.39, 0.29) is 23.0 Å². The molecule has 0 atom stereocenters. The van der Waals surface area contributed by atoms with Gasteiger partial charge in [-0.2, -0.15) is 0 Å². The van der Waals surface area contributed by atoms with Crippen LogP contribution in [-0.4, -0.2) is 16.9 Å². The molecule has 0 amide bonds. The summed E-state index contributed by atoms with van der Waals surface area (Å²) in [5.74, 6) is -2.49. The van der Waals surface area contributed by atoms with Gasteiger partial charge >= 0.3 is 11.9 Å². The Bertz CT molecular complexity index is 630. The number of nitrogen functional groups attached to an aromatic ring is 1. The van der Waals surface area contributed by atoms with Gasteiger partial charge in [-0.25, -0.2) is 14.6 Å². The van der Waals surface area contributed by atoms with Gasteiger partial charge in [0, 0.05) is 6.07 Å². The molecule has 2 aromatic rings. The van der Waals surface area contributed by atoms with Crippen molar-refractivity contribution in [3.63, 3.8) is 0 Å². The molecule has 0 fully saturated rings. The van der Waals surface area contributed by atoms with Crippen molar-refractivity contribution < 1.29 is 23.5 Å². The Morgan fingerprint density at radius 2 is 1.88 bits per heavy atom. The number of hydrogen-bond donors (Lipinski definition) is 1. The minimum atomic E-state index is -1.16. The van der Waals surface area contributed by atoms with Crippen LogP contribution in [0.25, 0.3) is 11.1 Å². The van der Waals surface area contributed by atoms with Gasteiger partial charge in [-0.05, 0) is 6.07 Å². The monoisotopic (exact) mass is 220 g/mol. The number of nitrogens with two attached hydrogens (primary N) is 1. The maximum atomic E-state index is 11.2. The summed E-state index contributed by atoms with van der Waals surface area (Å²) < 4.78 is 14.4. The van der Waals surface area contributed by atoms with Crippen LogP contribution in [-0.2, 0) is 9.59 Å². The van der Waals surface area contributed by atoms with Crippen LogP contribution in [0.15, 0.2) is 16.5 Å². The molecule has 16 heavy (non-hydrogen) atoms. The molecule has 0 spiro atoms. The van der Waals surface area contributed by atoms with Crippen molar-refractivity contribution in [3.8, 4) is 11.6 Å². The smallest absolute Gasteiger partial charge is 0.424 e. The van der Waals surface area contributed by atoms with Crippen molar-refractivity contribution in [2.45, 2.75) is 0 Å². The highest BCUT2D eigenvalue weighted by Crippen LogP contribution is 2.35. The number of nitrogens with zero attached hydrogens (tertiary/aromatic N) is 1. The third kappa shape index (κ3) is 1.05. The van der Waals surface area contributed by atoms with E-state index in [2.05, 4.69) is 9.72 Å². The maximum Gasteiger partial charge on any atom is 0.424 e. The minimum Gasteiger partial charge on any atom is -0.435 e. The van der Waals surface area contributed by atoms with Crippen LogP contribution in [0, 0.1) is 0 Å². The van der Waals surface area contributed by atoms with E-state index >= 15 is 0 Å². The third-order valence-electron chi connectivity index (χ3n) is 2.05. The molecular formula is C9H4N2O5. The van der Waals surface area contributed by atoms with Gasteiger partial charge in [-0.15, -0.1) is 0 Å². The molecule has 0 radical (unpaired) electrons. The van der Waals surface area contributed by atoms with E-state index in [9.17, 15) is 9.59 Å². The highest BCUT2D eigenvalue weighted by Gasteiger charge is 2.28. The van der Waals surface area contributed by atoms with Crippen molar-refractivity contribution in [1.82, 2.24) is 4.98 Å². The molecule has 0 saturated carbocycles. The van der Waals surface area contributed by atoms with Crippen LogP contribution in [0.3, 0.4) is 0 Å². The lowest BCUT2D eigenvalue weighted by Gasteiger charge is -2.06. The summed E-state index contributed by atoms with van der Waals surface area (Å²) in [5.41, 5.74) is 6.08. The average Bonchev–Trinajstić information content (AvgIpc) is 2.53. The van der Waals surface area contributed by atoms with Crippen molar-refractivity contribution in [1.29, 1.82) is 0 Å². The minimum absolute atomic E-state index is 0.00352. The Hall–Kier alpha value is -2.57. The fourth-order valence-electron chi connectivity index (χ4n) is 1.38. The van der Waals surface area contributed by atoms with E-state index in [4.69, 9.17) is 14.9 Å². The van der Waals surface area contributed by atoms with E-state index in [1.54, 1.807) is 0 Å². The number of carbonyl (C=O) groups is 2. The number of anilines is 1. The molecule has 2 N–H and O–H groups in total. The fourth-order valence-corrected chi connectivity index (χ4v) is 1.38. The second-order valence-electron chi connectivity index (χ2n) is 3.07. The van der Waals surface area contributed by atoms with E-state index in [0.29, 0.717) is 5.58 Å². The lowest BCUT2D eigenvalue weighted by atomic mass is 10.3. The predicted molar refractivity (Wildman–Crippen MR) is 49.7 cm³/mol. The van der Waals surface area contributed by atoms with Gasteiger partial charge in [0.1, 0.15) is 0 Å². The third-order valence-corrected chi connectivity index (χ3v) is 2.05. The molecule has 0 saturated heterocycles. The molecule has 0 unspecified atom stereocenters. The summed E-state index contributed by atoms with van der Waals surface area (Å²) in [7, 11) is 0. The van der Waals surface area contributed by atoms with Crippen LogP contribution in [0.1, 0.15) is 0 Å². The first kappa shape index (κ1) is 8.72.